The van der Waals surface area contributed by atoms with Crippen LogP contribution in [0.4, 0.5) is 5.69 Å². The fourth-order valence-corrected chi connectivity index (χ4v) is 7.89. The second kappa shape index (κ2) is 13.3. The van der Waals surface area contributed by atoms with Gasteiger partial charge in [-0.3, -0.25) is 19.2 Å². The number of anilines is 1. The van der Waals surface area contributed by atoms with E-state index < -0.39 is 59.5 Å². The van der Waals surface area contributed by atoms with Gasteiger partial charge in [-0.25, -0.2) is 0 Å². The van der Waals surface area contributed by atoms with Crippen LogP contribution >= 0.6 is 27.5 Å². The number of nitrogens with one attached hydrogen (secondary N) is 1. The molecule has 4 aliphatic heterocycles. The van der Waals surface area contributed by atoms with Crippen molar-refractivity contribution in [2.24, 2.45) is 11.8 Å². The molecule has 5 bridgehead atoms. The minimum absolute atomic E-state index is 0.0390. The number of hydrogen-bond acceptors (Lipinski definition) is 7. The van der Waals surface area contributed by atoms with E-state index in [0.717, 1.165) is 0 Å². The first-order chi connectivity index (χ1) is 22.2. The van der Waals surface area contributed by atoms with Crippen LogP contribution in [0.2, 0.25) is 5.02 Å². The lowest BCUT2D eigenvalue weighted by Gasteiger charge is -2.38. The highest BCUT2D eigenvalue weighted by atomic mass is 79.9. The van der Waals surface area contributed by atoms with Gasteiger partial charge in [0.1, 0.15) is 29.8 Å². The molecule has 6 rings (SSSR count). The average molecular weight is 713 g/mol. The molecular formula is C34H35BrClN3O7. The van der Waals surface area contributed by atoms with Crippen molar-refractivity contribution in [3.05, 3.63) is 87.9 Å². The number of halogens is 2. The van der Waals surface area contributed by atoms with Crippen LogP contribution in [0.5, 0.6) is 0 Å². The number of ether oxygens (including phenoxy) is 2. The van der Waals surface area contributed by atoms with E-state index in [9.17, 15) is 24.3 Å². The molecule has 3 amide bonds. The van der Waals surface area contributed by atoms with Crippen LogP contribution in [-0.4, -0.2) is 77.2 Å². The van der Waals surface area contributed by atoms with Crippen LogP contribution in [0, 0.1) is 11.8 Å². The first-order valence-corrected chi connectivity index (χ1v) is 16.6. The van der Waals surface area contributed by atoms with Gasteiger partial charge in [0.05, 0.1) is 25.1 Å². The summed E-state index contributed by atoms with van der Waals surface area (Å²) in [5, 5.41) is 13.8. The first kappa shape index (κ1) is 32.4. The van der Waals surface area contributed by atoms with Crippen molar-refractivity contribution in [1.82, 2.24) is 10.2 Å². The Morgan fingerprint density at radius 2 is 1.80 bits per heavy atom. The van der Waals surface area contributed by atoms with Gasteiger partial charge in [0, 0.05) is 28.2 Å². The molecule has 12 heteroatoms. The number of likely N-dealkylation sites (tertiary alicyclic amines) is 1. The Labute approximate surface area is 280 Å². The zero-order valence-electron chi connectivity index (χ0n) is 25.2. The molecule has 2 saturated heterocycles. The Bertz CT molecular complexity index is 1560. The third-order valence-electron chi connectivity index (χ3n) is 9.26. The normalized spacial score (nSPS) is 31.3. The van der Waals surface area contributed by atoms with Crippen molar-refractivity contribution in [1.29, 1.82) is 0 Å². The number of nitrogens with zero attached hydrogens (tertiary/aromatic N) is 2. The molecule has 0 aliphatic carbocycles. The molecule has 46 heavy (non-hydrogen) atoms. The molecule has 0 saturated carbocycles. The molecule has 4 heterocycles. The summed E-state index contributed by atoms with van der Waals surface area (Å²) < 4.78 is 13.2. The molecule has 4 aliphatic rings. The number of aliphatic hydroxyl groups is 1. The molecule has 7 atom stereocenters. The predicted molar refractivity (Wildman–Crippen MR) is 174 cm³/mol. The van der Waals surface area contributed by atoms with Crippen LogP contribution in [-0.2, 0) is 28.7 Å². The Balaban J connectivity index is 1.47. The molecule has 242 valence electrons. The lowest BCUT2D eigenvalue weighted by Crippen LogP contribution is -2.58. The number of hydrogen-bond donors (Lipinski definition) is 2. The van der Waals surface area contributed by atoms with Crippen LogP contribution in [0.15, 0.2) is 77.3 Å². The van der Waals surface area contributed by atoms with Crippen LogP contribution < -0.4 is 10.2 Å². The van der Waals surface area contributed by atoms with Gasteiger partial charge in [-0.05, 0) is 48.7 Å². The molecule has 0 aromatic heterocycles. The van der Waals surface area contributed by atoms with Crippen molar-refractivity contribution in [2.45, 2.75) is 56.1 Å². The SMILES string of the molecule is CC[C@@H](CO)N1C(=O)[C@H]2[C@@H]3C(=O)O[C@H](c4ccccc4)CNC(=O)CC/C=C\CN(c4ccc(Cl)cc4)C(=O)[C@H]1[C@@]21C=C(Br)[C@@H]3O1. The molecule has 2 aromatic carbocycles. The number of fused-ring (bicyclic) bond motifs is 2. The molecule has 0 radical (unpaired) electrons. The topological polar surface area (TPSA) is 125 Å². The largest absolute Gasteiger partial charge is 0.455 e. The van der Waals surface area contributed by atoms with E-state index in [1.54, 1.807) is 48.6 Å². The summed E-state index contributed by atoms with van der Waals surface area (Å²) in [6.45, 7) is 1.62. The van der Waals surface area contributed by atoms with Crippen LogP contribution in [0.25, 0.3) is 0 Å². The fourth-order valence-electron chi connectivity index (χ4n) is 7.03. The lowest BCUT2D eigenvalue weighted by molar-refractivity contribution is -0.160. The van der Waals surface area contributed by atoms with Gasteiger partial charge in [0.15, 0.2) is 0 Å². The van der Waals surface area contributed by atoms with E-state index in [4.69, 9.17) is 21.1 Å². The number of allylic oxidation sites excluding steroid dienone is 1. The summed E-state index contributed by atoms with van der Waals surface area (Å²) in [5.41, 5.74) is -0.279. The number of carbonyl (C=O) groups is 4. The van der Waals surface area contributed by atoms with Crippen molar-refractivity contribution in [2.75, 3.05) is 24.6 Å². The summed E-state index contributed by atoms with van der Waals surface area (Å²) in [4.78, 5) is 59.2. The number of carbonyl (C=O) groups excluding carboxylic acids is 4. The summed E-state index contributed by atoms with van der Waals surface area (Å²) in [6.07, 6.45) is 4.66. The molecule has 10 nitrogen and oxygen atoms in total. The Morgan fingerprint density at radius 1 is 1.07 bits per heavy atom. The zero-order valence-corrected chi connectivity index (χ0v) is 27.5. The maximum Gasteiger partial charge on any atom is 0.313 e. The summed E-state index contributed by atoms with van der Waals surface area (Å²) in [5.74, 6) is -3.95. The second-order valence-corrected chi connectivity index (χ2v) is 13.2. The van der Waals surface area contributed by atoms with E-state index in [1.807, 2.05) is 31.2 Å². The Hall–Kier alpha value is -3.51. The highest BCUT2D eigenvalue weighted by molar-refractivity contribution is 9.11. The molecular weight excluding hydrogens is 678 g/mol. The van der Waals surface area contributed by atoms with E-state index in [2.05, 4.69) is 21.2 Å². The van der Waals surface area contributed by atoms with E-state index in [1.165, 1.54) is 9.80 Å². The maximum absolute atomic E-state index is 14.9. The summed E-state index contributed by atoms with van der Waals surface area (Å²) >= 11 is 9.74. The third-order valence-corrected chi connectivity index (χ3v) is 10.2. The predicted octanol–water partition coefficient (Wildman–Crippen LogP) is 4.07. The van der Waals surface area contributed by atoms with E-state index in [0.29, 0.717) is 33.6 Å². The minimum atomic E-state index is -1.50. The van der Waals surface area contributed by atoms with Gasteiger partial charge in [-0.2, -0.15) is 0 Å². The quantitative estimate of drug-likeness (QED) is 0.354. The second-order valence-electron chi connectivity index (χ2n) is 11.9. The summed E-state index contributed by atoms with van der Waals surface area (Å²) in [7, 11) is 0. The van der Waals surface area contributed by atoms with Crippen LogP contribution in [0.3, 0.4) is 0 Å². The standard InChI is InChI=1S/C34H35BrClN3O7/c1-2-22(19-40)39-30-32(43)38(23-14-12-21(36)13-15-23)16-8-4-7-11-26(41)37-18-25(20-9-5-3-6-10-20)45-33(44)27-28(31(39)42)34(30)17-24(35)29(27)46-34/h3-6,8-10,12-15,17,22,25,27-30,40H,2,7,11,16,18-19H2,1H3,(H,37,41)/b8-4-/t22-,25-,27-,28+,29-,30-,34+/m0/s1. The van der Waals surface area contributed by atoms with Crippen LogP contribution in [0.1, 0.15) is 37.9 Å². The highest BCUT2D eigenvalue weighted by Gasteiger charge is 2.75. The van der Waals surface area contributed by atoms with E-state index in [-0.39, 0.29) is 32.0 Å². The number of amides is 3. The lowest BCUT2D eigenvalue weighted by atomic mass is 9.74. The van der Waals surface area contributed by atoms with Gasteiger partial charge in [0.2, 0.25) is 11.8 Å². The number of rotatable bonds is 5. The molecule has 2 N–H and O–H groups in total. The average Bonchev–Trinajstić information content (AvgIpc) is 3.65. The van der Waals surface area contributed by atoms with E-state index >= 15 is 0 Å². The zero-order chi connectivity index (χ0) is 32.6. The monoisotopic (exact) mass is 711 g/mol. The van der Waals surface area contributed by atoms with Gasteiger partial charge < -0.3 is 29.7 Å². The molecule has 1 spiro atoms. The third kappa shape index (κ3) is 5.67. The first-order valence-electron chi connectivity index (χ1n) is 15.4. The molecule has 2 aromatic rings. The number of aliphatic hydroxyl groups excluding tert-OH is 1. The van der Waals surface area contributed by atoms with Gasteiger partial charge >= 0.3 is 5.97 Å². The Morgan fingerprint density at radius 3 is 2.50 bits per heavy atom. The maximum atomic E-state index is 14.9. The number of benzene rings is 2. The number of esters is 1. The number of cyclic esters (lactones) is 1. The minimum Gasteiger partial charge on any atom is -0.455 e. The van der Waals surface area contributed by atoms with Gasteiger partial charge in [0.25, 0.3) is 5.91 Å². The van der Waals surface area contributed by atoms with Crippen molar-refractivity contribution in [3.63, 3.8) is 0 Å². The van der Waals surface area contributed by atoms with Crippen molar-refractivity contribution < 1.29 is 33.8 Å². The van der Waals surface area contributed by atoms with Crippen molar-refractivity contribution >= 4 is 56.9 Å². The van der Waals surface area contributed by atoms with Gasteiger partial charge in [-0.15, -0.1) is 0 Å². The van der Waals surface area contributed by atoms with Gasteiger partial charge in [-0.1, -0.05) is 76.9 Å². The van der Waals surface area contributed by atoms with Crippen molar-refractivity contribution in [3.8, 4) is 0 Å². The fraction of sp³-hybridized carbons (Fsp3) is 0.412. The smallest absolute Gasteiger partial charge is 0.313 e. The summed E-state index contributed by atoms with van der Waals surface area (Å²) in [6, 6.07) is 14.0. The molecule has 0 unspecified atom stereocenters. The Kier molecular flexibility index (Phi) is 9.38. The highest BCUT2D eigenvalue weighted by Crippen LogP contribution is 2.59. The molecule has 2 fully saturated rings.